The summed E-state index contributed by atoms with van der Waals surface area (Å²) in [4.78, 5) is 10.3. The van der Waals surface area contributed by atoms with E-state index in [2.05, 4.69) is 5.32 Å². The molecule has 19 heavy (non-hydrogen) atoms. The Labute approximate surface area is 110 Å². The average Bonchev–Trinajstić information content (AvgIpc) is 2.90. The Morgan fingerprint density at radius 1 is 1.63 bits per heavy atom. The Balaban J connectivity index is 2.04. The fourth-order valence-electron chi connectivity index (χ4n) is 2.28. The number of nitro groups is 1. The maximum Gasteiger partial charge on any atom is 0.276 e. The number of nitro benzene ring substituents is 1. The fourth-order valence-corrected chi connectivity index (χ4v) is 2.28. The van der Waals surface area contributed by atoms with E-state index < -0.39 is 10.7 Å². The molecule has 2 atom stereocenters. The van der Waals surface area contributed by atoms with Crippen molar-refractivity contribution in [1.82, 2.24) is 5.32 Å². The minimum absolute atomic E-state index is 0.0433. The molecule has 6 heteroatoms. The van der Waals surface area contributed by atoms with Crippen molar-refractivity contribution in [1.29, 1.82) is 0 Å². The Morgan fingerprint density at radius 2 is 2.42 bits per heavy atom. The molecule has 0 radical (unpaired) electrons. The van der Waals surface area contributed by atoms with E-state index in [1.54, 1.807) is 0 Å². The Bertz CT molecular complexity index is 461. The first kappa shape index (κ1) is 13.9. The number of hydrogen-bond acceptors (Lipinski definition) is 4. The molecule has 0 amide bonds. The molecule has 0 spiro atoms. The zero-order chi connectivity index (χ0) is 13.8. The van der Waals surface area contributed by atoms with Crippen molar-refractivity contribution in [3.05, 3.63) is 39.7 Å². The van der Waals surface area contributed by atoms with Gasteiger partial charge in [-0.15, -0.1) is 0 Å². The van der Waals surface area contributed by atoms with E-state index in [1.165, 1.54) is 18.2 Å². The summed E-state index contributed by atoms with van der Waals surface area (Å²) in [6, 6.07) is 3.94. The molecule has 1 heterocycles. The van der Waals surface area contributed by atoms with Crippen LogP contribution in [-0.2, 0) is 11.3 Å². The van der Waals surface area contributed by atoms with Gasteiger partial charge in [0, 0.05) is 25.3 Å². The lowest BCUT2D eigenvalue weighted by Crippen LogP contribution is -2.36. The molecule has 1 aliphatic heterocycles. The number of hydrogen-bond donors (Lipinski definition) is 1. The van der Waals surface area contributed by atoms with E-state index in [-0.39, 0.29) is 29.9 Å². The normalized spacial score (nSPS) is 20.4. The molecule has 1 N–H and O–H groups in total. The van der Waals surface area contributed by atoms with Crippen molar-refractivity contribution >= 4 is 5.69 Å². The van der Waals surface area contributed by atoms with Crippen LogP contribution in [0.5, 0.6) is 0 Å². The van der Waals surface area contributed by atoms with Crippen LogP contribution in [0.4, 0.5) is 10.1 Å². The van der Waals surface area contributed by atoms with Gasteiger partial charge in [-0.25, -0.2) is 4.39 Å². The molecule has 0 unspecified atom stereocenters. The SMILES string of the molecule is C[C@H](NCc1c(F)cccc1[N+](=O)[O-])[C@H]1CCCO1. The quantitative estimate of drug-likeness (QED) is 0.658. The molecule has 1 aromatic carbocycles. The molecule has 0 aliphatic carbocycles. The molecular formula is C13H17FN2O3. The van der Waals surface area contributed by atoms with E-state index in [9.17, 15) is 14.5 Å². The molecule has 104 valence electrons. The molecule has 0 bridgehead atoms. The van der Waals surface area contributed by atoms with Gasteiger partial charge in [-0.3, -0.25) is 10.1 Å². The van der Waals surface area contributed by atoms with Gasteiger partial charge in [-0.2, -0.15) is 0 Å². The molecule has 0 saturated carbocycles. The van der Waals surface area contributed by atoms with Gasteiger partial charge in [0.25, 0.3) is 5.69 Å². The molecule has 1 aromatic rings. The third kappa shape index (κ3) is 3.27. The summed E-state index contributed by atoms with van der Waals surface area (Å²) in [5.41, 5.74) is -0.0932. The lowest BCUT2D eigenvalue weighted by atomic mass is 10.1. The highest BCUT2D eigenvalue weighted by Crippen LogP contribution is 2.22. The first-order valence-corrected chi connectivity index (χ1v) is 6.36. The summed E-state index contributed by atoms with van der Waals surface area (Å²) in [7, 11) is 0. The van der Waals surface area contributed by atoms with Crippen molar-refractivity contribution in [3.8, 4) is 0 Å². The lowest BCUT2D eigenvalue weighted by molar-refractivity contribution is -0.385. The molecule has 1 fully saturated rings. The summed E-state index contributed by atoms with van der Waals surface area (Å²) in [5.74, 6) is -0.554. The number of nitrogens with one attached hydrogen (secondary N) is 1. The lowest BCUT2D eigenvalue weighted by Gasteiger charge is -2.20. The van der Waals surface area contributed by atoms with Gasteiger partial charge in [0.2, 0.25) is 0 Å². The minimum Gasteiger partial charge on any atom is -0.377 e. The van der Waals surface area contributed by atoms with E-state index in [1.807, 2.05) is 6.92 Å². The van der Waals surface area contributed by atoms with Crippen LogP contribution in [0.3, 0.4) is 0 Å². The summed E-state index contributed by atoms with van der Waals surface area (Å²) < 4.78 is 19.2. The van der Waals surface area contributed by atoms with Gasteiger partial charge in [0.1, 0.15) is 5.82 Å². The number of rotatable bonds is 5. The third-order valence-corrected chi connectivity index (χ3v) is 3.41. The summed E-state index contributed by atoms with van der Waals surface area (Å²) in [6.45, 7) is 2.82. The van der Waals surface area contributed by atoms with Crippen LogP contribution in [0.1, 0.15) is 25.3 Å². The second-order valence-electron chi connectivity index (χ2n) is 4.72. The number of ether oxygens (including phenoxy) is 1. The standard InChI is InChI=1S/C13H17FN2O3/c1-9(13-6-3-7-19-13)15-8-10-11(14)4-2-5-12(10)16(17)18/h2,4-5,9,13,15H,3,6-8H2,1H3/t9-,13+/m0/s1. The summed E-state index contributed by atoms with van der Waals surface area (Å²) in [5, 5.41) is 14.0. The molecule has 0 aromatic heterocycles. The van der Waals surface area contributed by atoms with Crippen LogP contribution in [0.2, 0.25) is 0 Å². The minimum atomic E-state index is -0.559. The van der Waals surface area contributed by atoms with Crippen LogP contribution in [0.25, 0.3) is 0 Å². The van der Waals surface area contributed by atoms with Gasteiger partial charge in [0.05, 0.1) is 16.6 Å². The number of benzene rings is 1. The van der Waals surface area contributed by atoms with E-state index in [0.29, 0.717) is 0 Å². The van der Waals surface area contributed by atoms with Gasteiger partial charge >= 0.3 is 0 Å². The van der Waals surface area contributed by atoms with Crippen LogP contribution in [-0.4, -0.2) is 23.7 Å². The first-order chi connectivity index (χ1) is 9.09. The molecule has 1 aliphatic rings. The fraction of sp³-hybridized carbons (Fsp3) is 0.538. The second kappa shape index (κ2) is 6.08. The zero-order valence-electron chi connectivity index (χ0n) is 10.8. The van der Waals surface area contributed by atoms with E-state index in [0.717, 1.165) is 19.4 Å². The Morgan fingerprint density at radius 3 is 3.05 bits per heavy atom. The van der Waals surface area contributed by atoms with Gasteiger partial charge in [-0.05, 0) is 25.8 Å². The second-order valence-corrected chi connectivity index (χ2v) is 4.72. The Kier molecular flexibility index (Phi) is 4.44. The molecule has 1 saturated heterocycles. The van der Waals surface area contributed by atoms with Crippen LogP contribution in [0, 0.1) is 15.9 Å². The van der Waals surface area contributed by atoms with E-state index in [4.69, 9.17) is 4.74 Å². The Hall–Kier alpha value is -1.53. The van der Waals surface area contributed by atoms with Crippen molar-refractivity contribution < 1.29 is 14.1 Å². The number of halogens is 1. The molecule has 2 rings (SSSR count). The van der Waals surface area contributed by atoms with Crippen LogP contribution < -0.4 is 5.32 Å². The van der Waals surface area contributed by atoms with Gasteiger partial charge in [0.15, 0.2) is 0 Å². The van der Waals surface area contributed by atoms with Crippen LogP contribution in [0.15, 0.2) is 18.2 Å². The van der Waals surface area contributed by atoms with E-state index >= 15 is 0 Å². The molecule has 5 nitrogen and oxygen atoms in total. The monoisotopic (exact) mass is 268 g/mol. The highest BCUT2D eigenvalue weighted by atomic mass is 19.1. The van der Waals surface area contributed by atoms with Gasteiger partial charge in [-0.1, -0.05) is 6.07 Å². The maximum absolute atomic E-state index is 13.7. The van der Waals surface area contributed by atoms with Gasteiger partial charge < -0.3 is 10.1 Å². The summed E-state index contributed by atoms with van der Waals surface area (Å²) >= 11 is 0. The zero-order valence-corrected chi connectivity index (χ0v) is 10.8. The summed E-state index contributed by atoms with van der Waals surface area (Å²) in [6.07, 6.45) is 2.09. The molecular weight excluding hydrogens is 251 g/mol. The smallest absolute Gasteiger partial charge is 0.276 e. The first-order valence-electron chi connectivity index (χ1n) is 6.36. The van der Waals surface area contributed by atoms with Crippen molar-refractivity contribution in [2.24, 2.45) is 0 Å². The predicted molar refractivity (Wildman–Crippen MR) is 68.3 cm³/mol. The third-order valence-electron chi connectivity index (χ3n) is 3.41. The van der Waals surface area contributed by atoms with Crippen molar-refractivity contribution in [2.75, 3.05) is 6.61 Å². The van der Waals surface area contributed by atoms with Crippen molar-refractivity contribution in [2.45, 2.75) is 38.5 Å². The average molecular weight is 268 g/mol. The highest BCUT2D eigenvalue weighted by molar-refractivity contribution is 5.40. The topological polar surface area (TPSA) is 64.4 Å². The van der Waals surface area contributed by atoms with Crippen LogP contribution >= 0.6 is 0 Å². The largest absolute Gasteiger partial charge is 0.377 e. The maximum atomic E-state index is 13.7. The predicted octanol–water partition coefficient (Wildman–Crippen LogP) is 2.39. The van der Waals surface area contributed by atoms with Crippen molar-refractivity contribution in [3.63, 3.8) is 0 Å². The highest BCUT2D eigenvalue weighted by Gasteiger charge is 2.24. The number of nitrogens with zero attached hydrogens (tertiary/aromatic N) is 1.